The van der Waals surface area contributed by atoms with Crippen LogP contribution in [-0.2, 0) is 0 Å². The summed E-state index contributed by atoms with van der Waals surface area (Å²) >= 11 is 0. The predicted molar refractivity (Wildman–Crippen MR) is 110 cm³/mol. The van der Waals surface area contributed by atoms with Gasteiger partial charge >= 0.3 is 6.36 Å². The molecule has 1 N–H and O–H groups in total. The molecule has 2 aromatic heterocycles. The Labute approximate surface area is 179 Å². The van der Waals surface area contributed by atoms with Gasteiger partial charge in [0.15, 0.2) is 0 Å². The van der Waals surface area contributed by atoms with Gasteiger partial charge in [0.05, 0.1) is 11.1 Å². The first-order chi connectivity index (χ1) is 15.3. The lowest BCUT2D eigenvalue weighted by atomic mass is 10.1. The number of ether oxygens (including phenoxy) is 2. The minimum Gasteiger partial charge on any atom is -0.460 e. The highest BCUT2D eigenvalue weighted by Gasteiger charge is 2.31. The lowest BCUT2D eigenvalue weighted by Gasteiger charge is -2.11. The second kappa shape index (κ2) is 7.44. The molecule has 1 fully saturated rings. The van der Waals surface area contributed by atoms with E-state index in [0.717, 1.165) is 12.8 Å². The van der Waals surface area contributed by atoms with Crippen LogP contribution >= 0.6 is 0 Å². The van der Waals surface area contributed by atoms with Gasteiger partial charge in [-0.15, -0.1) is 13.2 Å². The molecule has 2 aromatic carbocycles. The SMILES string of the molecule is Cc1oc2cc(Oc3ccnc4cc(OC(F)(F)F)ccc34)ccc2c1C(=O)NC1CC1. The maximum Gasteiger partial charge on any atom is 0.573 e. The molecule has 164 valence electrons. The second-order valence-electron chi connectivity index (χ2n) is 7.58. The van der Waals surface area contributed by atoms with Crippen molar-refractivity contribution in [2.45, 2.75) is 32.2 Å². The lowest BCUT2D eigenvalue weighted by molar-refractivity contribution is -0.274. The summed E-state index contributed by atoms with van der Waals surface area (Å²) in [5, 5.41) is 4.16. The van der Waals surface area contributed by atoms with Crippen LogP contribution in [0.4, 0.5) is 13.2 Å². The molecule has 1 aliphatic rings. The number of benzene rings is 2. The van der Waals surface area contributed by atoms with Crippen molar-refractivity contribution in [1.82, 2.24) is 10.3 Å². The summed E-state index contributed by atoms with van der Waals surface area (Å²) in [5.74, 6) is 0.849. The number of pyridine rings is 1. The van der Waals surface area contributed by atoms with E-state index in [1.54, 1.807) is 31.2 Å². The standard InChI is InChI=1S/C23H17F3N2O4/c1-12-21(22(29)28-13-2-3-13)17-7-4-14(11-20(17)30-12)31-19-8-9-27-18-10-15(5-6-16(18)19)32-23(24,25)26/h4-11,13H,2-3H2,1H3,(H,28,29). The Bertz CT molecular complexity index is 1340. The van der Waals surface area contributed by atoms with Gasteiger partial charge in [-0.2, -0.15) is 0 Å². The second-order valence-corrected chi connectivity index (χ2v) is 7.58. The Balaban J connectivity index is 1.44. The third-order valence-electron chi connectivity index (χ3n) is 5.11. The molecule has 0 spiro atoms. The van der Waals surface area contributed by atoms with Gasteiger partial charge in [0.1, 0.15) is 28.6 Å². The average molecular weight is 442 g/mol. The zero-order valence-electron chi connectivity index (χ0n) is 16.8. The molecule has 4 aromatic rings. The Hall–Kier alpha value is -3.75. The molecule has 5 rings (SSSR count). The summed E-state index contributed by atoms with van der Waals surface area (Å²) in [6.07, 6.45) is -1.37. The van der Waals surface area contributed by atoms with Crippen LogP contribution in [0.15, 0.2) is 53.1 Å². The zero-order chi connectivity index (χ0) is 22.5. The third-order valence-corrected chi connectivity index (χ3v) is 5.11. The molecule has 9 heteroatoms. The Morgan fingerprint density at radius 2 is 1.84 bits per heavy atom. The average Bonchev–Trinajstić information content (AvgIpc) is 3.46. The van der Waals surface area contributed by atoms with Gasteiger partial charge in [0.25, 0.3) is 5.91 Å². The van der Waals surface area contributed by atoms with Crippen molar-refractivity contribution in [3.8, 4) is 17.2 Å². The molecule has 0 unspecified atom stereocenters. The number of carbonyl (C=O) groups excluding carboxylic acids is 1. The predicted octanol–water partition coefficient (Wildman–Crippen LogP) is 5.87. The van der Waals surface area contributed by atoms with Crippen molar-refractivity contribution in [1.29, 1.82) is 0 Å². The van der Waals surface area contributed by atoms with Crippen molar-refractivity contribution < 1.29 is 31.9 Å². The number of alkyl halides is 3. The van der Waals surface area contributed by atoms with Crippen LogP contribution < -0.4 is 14.8 Å². The van der Waals surface area contributed by atoms with Gasteiger partial charge in [-0.1, -0.05) is 0 Å². The van der Waals surface area contributed by atoms with E-state index in [9.17, 15) is 18.0 Å². The lowest BCUT2D eigenvalue weighted by Crippen LogP contribution is -2.25. The number of furan rings is 1. The smallest absolute Gasteiger partial charge is 0.460 e. The van der Waals surface area contributed by atoms with Gasteiger partial charge < -0.3 is 19.2 Å². The third kappa shape index (κ3) is 4.05. The fraction of sp³-hybridized carbons (Fsp3) is 0.217. The molecule has 32 heavy (non-hydrogen) atoms. The van der Waals surface area contributed by atoms with Gasteiger partial charge in [-0.05, 0) is 50.1 Å². The molecule has 1 saturated carbocycles. The topological polar surface area (TPSA) is 73.6 Å². The molecule has 0 aliphatic heterocycles. The first-order valence-electron chi connectivity index (χ1n) is 9.93. The molecule has 1 amide bonds. The molecular formula is C23H17F3N2O4. The Morgan fingerprint density at radius 1 is 1.09 bits per heavy atom. The van der Waals surface area contributed by atoms with Gasteiger partial charge in [0, 0.05) is 35.1 Å². The van der Waals surface area contributed by atoms with Crippen LogP contribution in [0.2, 0.25) is 0 Å². The summed E-state index contributed by atoms with van der Waals surface area (Å²) in [6, 6.07) is 10.8. The number of amides is 1. The quantitative estimate of drug-likeness (QED) is 0.418. The van der Waals surface area contributed by atoms with E-state index >= 15 is 0 Å². The number of hydrogen-bond acceptors (Lipinski definition) is 5. The van der Waals surface area contributed by atoms with Crippen LogP contribution in [0.1, 0.15) is 29.0 Å². The highest BCUT2D eigenvalue weighted by molar-refractivity contribution is 6.07. The zero-order valence-corrected chi connectivity index (χ0v) is 16.8. The number of aryl methyl sites for hydroxylation is 1. The minimum absolute atomic E-state index is 0.158. The summed E-state index contributed by atoms with van der Waals surface area (Å²) in [6.45, 7) is 1.74. The number of nitrogens with one attached hydrogen (secondary N) is 1. The molecule has 0 radical (unpaired) electrons. The first kappa shape index (κ1) is 20.2. The molecule has 2 heterocycles. The fourth-order valence-electron chi connectivity index (χ4n) is 3.54. The van der Waals surface area contributed by atoms with Crippen LogP contribution in [0.25, 0.3) is 21.9 Å². The monoisotopic (exact) mass is 442 g/mol. The van der Waals surface area contributed by atoms with Crippen molar-refractivity contribution in [3.05, 3.63) is 60.0 Å². The Morgan fingerprint density at radius 3 is 2.59 bits per heavy atom. The molecule has 6 nitrogen and oxygen atoms in total. The number of halogens is 3. The maximum atomic E-state index is 12.5. The summed E-state index contributed by atoms with van der Waals surface area (Å²) in [4.78, 5) is 16.6. The minimum atomic E-state index is -4.78. The van der Waals surface area contributed by atoms with E-state index < -0.39 is 6.36 Å². The number of carbonyl (C=O) groups is 1. The largest absolute Gasteiger partial charge is 0.573 e. The first-order valence-corrected chi connectivity index (χ1v) is 9.93. The number of rotatable bonds is 5. The number of fused-ring (bicyclic) bond motifs is 2. The number of nitrogens with zero attached hydrogens (tertiary/aromatic N) is 1. The van der Waals surface area contributed by atoms with Crippen LogP contribution in [0.5, 0.6) is 17.2 Å². The highest BCUT2D eigenvalue weighted by atomic mass is 19.4. The van der Waals surface area contributed by atoms with E-state index in [4.69, 9.17) is 9.15 Å². The molecule has 1 aliphatic carbocycles. The molecular weight excluding hydrogens is 425 g/mol. The Kier molecular flexibility index (Phi) is 4.69. The van der Waals surface area contributed by atoms with Crippen molar-refractivity contribution >= 4 is 27.8 Å². The molecule has 0 atom stereocenters. The van der Waals surface area contributed by atoms with Gasteiger partial charge in [-0.3, -0.25) is 9.78 Å². The number of hydrogen-bond donors (Lipinski definition) is 1. The molecule has 0 bridgehead atoms. The van der Waals surface area contributed by atoms with E-state index in [2.05, 4.69) is 15.0 Å². The van der Waals surface area contributed by atoms with Crippen molar-refractivity contribution in [3.63, 3.8) is 0 Å². The van der Waals surface area contributed by atoms with Gasteiger partial charge in [-0.25, -0.2) is 0 Å². The summed E-state index contributed by atoms with van der Waals surface area (Å²) in [7, 11) is 0. The van der Waals surface area contributed by atoms with Crippen molar-refractivity contribution in [2.75, 3.05) is 0 Å². The van der Waals surface area contributed by atoms with E-state index in [1.807, 2.05) is 0 Å². The van der Waals surface area contributed by atoms with E-state index in [-0.39, 0.29) is 17.7 Å². The summed E-state index contributed by atoms with van der Waals surface area (Å²) < 4.78 is 53.1. The van der Waals surface area contributed by atoms with E-state index in [1.165, 1.54) is 24.4 Å². The maximum absolute atomic E-state index is 12.5. The van der Waals surface area contributed by atoms with E-state index in [0.29, 0.717) is 44.7 Å². The van der Waals surface area contributed by atoms with Crippen molar-refractivity contribution in [2.24, 2.45) is 0 Å². The normalized spacial score (nSPS) is 14.0. The fourth-order valence-corrected chi connectivity index (χ4v) is 3.54. The van der Waals surface area contributed by atoms with Crippen LogP contribution in [0.3, 0.4) is 0 Å². The molecule has 0 saturated heterocycles. The van der Waals surface area contributed by atoms with Crippen LogP contribution in [-0.4, -0.2) is 23.3 Å². The summed E-state index contributed by atoms with van der Waals surface area (Å²) in [5.41, 5.74) is 1.29. The van der Waals surface area contributed by atoms with Gasteiger partial charge in [0.2, 0.25) is 0 Å². The van der Waals surface area contributed by atoms with Crippen LogP contribution in [0, 0.1) is 6.92 Å². The number of aromatic nitrogens is 1. The highest BCUT2D eigenvalue weighted by Crippen LogP contribution is 2.35.